The molecule has 51 valence electrons. The topological polar surface area (TPSA) is 18.0 Å². The van der Waals surface area contributed by atoms with Crippen molar-refractivity contribution in [2.75, 3.05) is 6.54 Å². The molecule has 1 heterocycles. The third-order valence-corrected chi connectivity index (χ3v) is 1.07. The molecule has 10 heavy (non-hydrogen) atoms. The molecule has 1 rings (SSSR count). The lowest BCUT2D eigenvalue weighted by Gasteiger charge is -1.87. The lowest BCUT2D eigenvalue weighted by molar-refractivity contribution is -0.732. The molecule has 2 nitrogen and oxygen atoms in total. The molecule has 1 radical (unpaired) electrons. The van der Waals surface area contributed by atoms with Crippen molar-refractivity contribution in [3.8, 4) is 0 Å². The van der Waals surface area contributed by atoms with Crippen LogP contribution >= 0.6 is 0 Å². The summed E-state index contributed by atoms with van der Waals surface area (Å²) < 4.78 is 1.77. The van der Waals surface area contributed by atoms with Gasteiger partial charge in [-0.05, 0) is 5.43 Å². The van der Waals surface area contributed by atoms with E-state index in [9.17, 15) is 0 Å². The molecule has 1 aromatic heterocycles. The lowest BCUT2D eigenvalue weighted by atomic mass is 10.5. The highest BCUT2D eigenvalue weighted by atomic mass is 15.4. The summed E-state index contributed by atoms with van der Waals surface area (Å²) >= 11 is 0. The van der Waals surface area contributed by atoms with Gasteiger partial charge in [-0.2, -0.15) is 0 Å². The van der Waals surface area contributed by atoms with Crippen molar-refractivity contribution in [3.63, 3.8) is 0 Å². The first-order valence-electron chi connectivity index (χ1n) is 3.18. The first-order valence-corrected chi connectivity index (χ1v) is 3.18. The van der Waals surface area contributed by atoms with Crippen LogP contribution in [0.5, 0.6) is 0 Å². The van der Waals surface area contributed by atoms with E-state index in [0.29, 0.717) is 6.54 Å². The average Bonchev–Trinajstić information content (AvgIpc) is 2.03. The molecule has 0 unspecified atom stereocenters. The SMILES string of the molecule is C=CC[N][n+]1ccccc1. The zero-order chi connectivity index (χ0) is 7.23. The van der Waals surface area contributed by atoms with E-state index >= 15 is 0 Å². The van der Waals surface area contributed by atoms with Crippen LogP contribution in [0.3, 0.4) is 0 Å². The standard InChI is InChI=1S/C8H10N2/c1-2-6-9-10-7-4-3-5-8-10/h2-5,7-8H,1,6H2/q+1. The smallest absolute Gasteiger partial charge is 0.101 e. The normalized spacial score (nSPS) is 8.80. The molecular weight excluding hydrogens is 124 g/mol. The summed E-state index contributed by atoms with van der Waals surface area (Å²) in [7, 11) is 0. The van der Waals surface area contributed by atoms with Gasteiger partial charge in [0.15, 0.2) is 0 Å². The zero-order valence-corrected chi connectivity index (χ0v) is 5.77. The quantitative estimate of drug-likeness (QED) is 0.424. The van der Waals surface area contributed by atoms with Crippen molar-refractivity contribution in [1.29, 1.82) is 0 Å². The summed E-state index contributed by atoms with van der Waals surface area (Å²) in [5, 5.41) is 0. The van der Waals surface area contributed by atoms with E-state index in [-0.39, 0.29) is 0 Å². The van der Waals surface area contributed by atoms with Crippen molar-refractivity contribution in [3.05, 3.63) is 43.2 Å². The number of hydrogen-bond acceptors (Lipinski definition) is 0. The number of rotatable bonds is 3. The fourth-order valence-electron chi connectivity index (χ4n) is 0.636. The van der Waals surface area contributed by atoms with Crippen molar-refractivity contribution >= 4 is 0 Å². The maximum absolute atomic E-state index is 4.12. The number of nitrogens with zero attached hydrogens (tertiary/aromatic N) is 2. The summed E-state index contributed by atoms with van der Waals surface area (Å²) in [6, 6.07) is 5.83. The summed E-state index contributed by atoms with van der Waals surface area (Å²) in [5.41, 5.74) is 4.12. The molecule has 0 fully saturated rings. The van der Waals surface area contributed by atoms with Crippen molar-refractivity contribution in [2.45, 2.75) is 0 Å². The van der Waals surface area contributed by atoms with Gasteiger partial charge in [0.2, 0.25) is 12.4 Å². The van der Waals surface area contributed by atoms with Crippen LogP contribution in [0.25, 0.3) is 0 Å². The molecule has 0 spiro atoms. The van der Waals surface area contributed by atoms with E-state index in [1.807, 2.05) is 30.6 Å². The van der Waals surface area contributed by atoms with Crippen LogP contribution in [0.15, 0.2) is 43.2 Å². The average molecular weight is 134 g/mol. The van der Waals surface area contributed by atoms with Gasteiger partial charge in [-0.1, -0.05) is 16.8 Å². The molecular formula is C8H10N2+. The minimum absolute atomic E-state index is 0.661. The fourth-order valence-corrected chi connectivity index (χ4v) is 0.636. The van der Waals surface area contributed by atoms with Gasteiger partial charge in [-0.25, -0.2) is 0 Å². The second-order valence-corrected chi connectivity index (χ2v) is 1.87. The Hall–Kier alpha value is -1.31. The maximum atomic E-state index is 4.12. The highest BCUT2D eigenvalue weighted by Gasteiger charge is 1.93. The molecule has 0 aromatic carbocycles. The molecule has 0 atom stereocenters. The van der Waals surface area contributed by atoms with Gasteiger partial charge in [0.05, 0.1) is 0 Å². The van der Waals surface area contributed by atoms with E-state index in [1.54, 1.807) is 10.8 Å². The van der Waals surface area contributed by atoms with Crippen LogP contribution in [0, 0.1) is 0 Å². The Labute approximate surface area is 60.8 Å². The van der Waals surface area contributed by atoms with E-state index in [0.717, 1.165) is 0 Å². The van der Waals surface area contributed by atoms with Crippen LogP contribution in [-0.2, 0) is 0 Å². The monoisotopic (exact) mass is 134 g/mol. The summed E-state index contributed by atoms with van der Waals surface area (Å²) in [6.45, 7) is 4.23. The summed E-state index contributed by atoms with van der Waals surface area (Å²) in [6.07, 6.45) is 5.55. The molecule has 2 heteroatoms. The number of pyridine rings is 1. The van der Waals surface area contributed by atoms with Crippen molar-refractivity contribution in [2.24, 2.45) is 0 Å². The molecule has 0 saturated heterocycles. The van der Waals surface area contributed by atoms with Gasteiger partial charge in [0, 0.05) is 12.1 Å². The minimum Gasteiger partial charge on any atom is -0.101 e. The summed E-state index contributed by atoms with van der Waals surface area (Å²) in [4.78, 5) is 0. The van der Waals surface area contributed by atoms with Gasteiger partial charge in [-0.15, -0.1) is 6.58 Å². The number of hydrogen-bond donors (Lipinski definition) is 0. The molecule has 1 aromatic rings. The highest BCUT2D eigenvalue weighted by molar-refractivity contribution is 4.83. The molecule has 0 saturated carbocycles. The van der Waals surface area contributed by atoms with Gasteiger partial charge in [-0.3, -0.25) is 0 Å². The van der Waals surface area contributed by atoms with Crippen molar-refractivity contribution in [1.82, 2.24) is 5.43 Å². The summed E-state index contributed by atoms with van der Waals surface area (Å²) in [5.74, 6) is 0. The minimum atomic E-state index is 0.661. The van der Waals surface area contributed by atoms with Crippen LogP contribution in [0.1, 0.15) is 0 Å². The largest absolute Gasteiger partial charge is 0.201 e. The Kier molecular flexibility index (Phi) is 2.49. The Balaban J connectivity index is 2.50. The fraction of sp³-hybridized carbons (Fsp3) is 0.125. The van der Waals surface area contributed by atoms with Gasteiger partial charge >= 0.3 is 0 Å². The van der Waals surface area contributed by atoms with Crippen molar-refractivity contribution < 1.29 is 4.68 Å². The first-order chi connectivity index (χ1) is 4.93. The number of aromatic nitrogens is 1. The third kappa shape index (κ3) is 1.90. The van der Waals surface area contributed by atoms with Gasteiger partial charge < -0.3 is 0 Å². The third-order valence-electron chi connectivity index (χ3n) is 1.07. The Morgan fingerprint density at radius 1 is 1.30 bits per heavy atom. The molecule has 0 amide bonds. The maximum Gasteiger partial charge on any atom is 0.201 e. The lowest BCUT2D eigenvalue weighted by Crippen LogP contribution is -2.43. The van der Waals surface area contributed by atoms with Crippen LogP contribution in [-0.4, -0.2) is 6.54 Å². The Bertz CT molecular complexity index is 194. The highest BCUT2D eigenvalue weighted by Crippen LogP contribution is 1.73. The second-order valence-electron chi connectivity index (χ2n) is 1.87. The first kappa shape index (κ1) is 6.81. The Morgan fingerprint density at radius 2 is 2.00 bits per heavy atom. The molecule has 0 N–H and O–H groups in total. The predicted octanol–water partition coefficient (Wildman–Crippen LogP) is 0.528. The van der Waals surface area contributed by atoms with E-state index in [1.165, 1.54) is 0 Å². The van der Waals surface area contributed by atoms with Gasteiger partial charge in [0.1, 0.15) is 6.54 Å². The molecule has 0 bridgehead atoms. The van der Waals surface area contributed by atoms with Crippen LogP contribution < -0.4 is 10.1 Å². The Morgan fingerprint density at radius 3 is 2.60 bits per heavy atom. The molecule has 0 aliphatic carbocycles. The van der Waals surface area contributed by atoms with E-state index < -0.39 is 0 Å². The van der Waals surface area contributed by atoms with E-state index in [4.69, 9.17) is 0 Å². The van der Waals surface area contributed by atoms with Crippen LogP contribution in [0.2, 0.25) is 0 Å². The molecule has 0 aliphatic heterocycles. The second kappa shape index (κ2) is 3.67. The molecule has 0 aliphatic rings. The van der Waals surface area contributed by atoms with Crippen LogP contribution in [0.4, 0.5) is 0 Å². The van der Waals surface area contributed by atoms with E-state index in [2.05, 4.69) is 12.0 Å². The van der Waals surface area contributed by atoms with Gasteiger partial charge in [0.25, 0.3) is 0 Å². The zero-order valence-electron chi connectivity index (χ0n) is 5.77. The predicted molar refractivity (Wildman–Crippen MR) is 39.2 cm³/mol.